The van der Waals surface area contributed by atoms with Crippen LogP contribution in [0.5, 0.6) is 5.75 Å². The van der Waals surface area contributed by atoms with Gasteiger partial charge in [-0.2, -0.15) is 0 Å². The quantitative estimate of drug-likeness (QED) is 0.709. The van der Waals surface area contributed by atoms with E-state index >= 15 is 0 Å². The molecule has 2 aromatic rings. The summed E-state index contributed by atoms with van der Waals surface area (Å²) in [6.07, 6.45) is 0. The van der Waals surface area contributed by atoms with Gasteiger partial charge in [-0.1, -0.05) is 30.0 Å². The number of carbonyl (C=O) groups excluding carboxylic acids is 1. The number of rotatable bonds is 4. The monoisotopic (exact) mass is 486 g/mol. The molecule has 0 aromatic heterocycles. The number of fused-ring (bicyclic) bond motifs is 1. The van der Waals surface area contributed by atoms with Crippen LogP contribution in [0.4, 0.5) is 11.4 Å². The summed E-state index contributed by atoms with van der Waals surface area (Å²) in [6.45, 7) is 2.75. The van der Waals surface area contributed by atoms with Crippen LogP contribution in [0.25, 0.3) is 0 Å². The highest BCUT2D eigenvalue weighted by molar-refractivity contribution is 8.15. The number of amidine groups is 1. The van der Waals surface area contributed by atoms with Crippen LogP contribution >= 0.6 is 11.8 Å². The molecule has 1 amide bonds. The highest BCUT2D eigenvalue weighted by Gasteiger charge is 2.42. The molecule has 174 valence electrons. The molecule has 0 bridgehead atoms. The summed E-state index contributed by atoms with van der Waals surface area (Å²) in [5.74, 6) is 1.14. The second kappa shape index (κ2) is 8.90. The Balaban J connectivity index is 1.21. The van der Waals surface area contributed by atoms with E-state index in [4.69, 9.17) is 4.74 Å². The predicted molar refractivity (Wildman–Crippen MR) is 132 cm³/mol. The minimum absolute atomic E-state index is 0.00213. The third-order valence-electron chi connectivity index (χ3n) is 6.17. The van der Waals surface area contributed by atoms with Gasteiger partial charge >= 0.3 is 0 Å². The molecule has 10 heteroatoms. The number of nitrogens with one attached hydrogen (secondary N) is 1. The molecule has 0 spiro atoms. The normalized spacial score (nSPS) is 23.7. The van der Waals surface area contributed by atoms with E-state index in [1.807, 2.05) is 53.4 Å². The molecule has 3 heterocycles. The Morgan fingerprint density at radius 3 is 2.64 bits per heavy atom. The van der Waals surface area contributed by atoms with E-state index in [0.29, 0.717) is 18.7 Å². The number of piperazine rings is 1. The van der Waals surface area contributed by atoms with Crippen molar-refractivity contribution >= 4 is 44.0 Å². The number of sulfone groups is 1. The van der Waals surface area contributed by atoms with Crippen molar-refractivity contribution in [1.82, 2.24) is 4.90 Å². The van der Waals surface area contributed by atoms with Crippen molar-refractivity contribution in [3.63, 3.8) is 0 Å². The van der Waals surface area contributed by atoms with Crippen LogP contribution in [0.15, 0.2) is 53.5 Å². The number of hydrogen-bond acceptors (Lipinski definition) is 8. The van der Waals surface area contributed by atoms with E-state index < -0.39 is 9.84 Å². The number of benzene rings is 2. The summed E-state index contributed by atoms with van der Waals surface area (Å²) in [6, 6.07) is 15.2. The third kappa shape index (κ3) is 4.67. The van der Waals surface area contributed by atoms with Crippen molar-refractivity contribution in [1.29, 1.82) is 0 Å². The fourth-order valence-electron chi connectivity index (χ4n) is 4.49. The van der Waals surface area contributed by atoms with Crippen LogP contribution in [-0.2, 0) is 9.84 Å². The zero-order chi connectivity index (χ0) is 23.0. The first-order chi connectivity index (χ1) is 15.9. The SMILES string of the molecule is COc1ccccc1N1CCN(C(=O)c2cccc(NC3=N[C@@H]4CS(=O)(=O)C[C@@H]4S3)c2)CC1. The Kier molecular flexibility index (Phi) is 5.96. The first-order valence-electron chi connectivity index (χ1n) is 10.9. The van der Waals surface area contributed by atoms with Crippen molar-refractivity contribution in [2.45, 2.75) is 11.3 Å². The molecule has 2 atom stereocenters. The Morgan fingerprint density at radius 1 is 1.09 bits per heavy atom. The summed E-state index contributed by atoms with van der Waals surface area (Å²) in [4.78, 5) is 21.8. The number of hydrogen-bond donors (Lipinski definition) is 1. The van der Waals surface area contributed by atoms with Crippen LogP contribution < -0.4 is 15.0 Å². The van der Waals surface area contributed by atoms with Gasteiger partial charge in [0.2, 0.25) is 0 Å². The molecule has 2 saturated heterocycles. The van der Waals surface area contributed by atoms with Crippen molar-refractivity contribution < 1.29 is 17.9 Å². The van der Waals surface area contributed by atoms with Crippen LogP contribution in [-0.4, -0.2) is 80.5 Å². The lowest BCUT2D eigenvalue weighted by Crippen LogP contribution is -2.48. The van der Waals surface area contributed by atoms with Crippen molar-refractivity contribution in [2.24, 2.45) is 4.99 Å². The number of para-hydroxylation sites is 2. The Bertz CT molecular complexity index is 1190. The Labute approximate surface area is 197 Å². The summed E-state index contributed by atoms with van der Waals surface area (Å²) in [5, 5.41) is 3.97. The summed E-state index contributed by atoms with van der Waals surface area (Å²) in [7, 11) is -1.30. The zero-order valence-electron chi connectivity index (χ0n) is 18.3. The fourth-order valence-corrected chi connectivity index (χ4v) is 8.17. The molecule has 0 aliphatic carbocycles. The lowest BCUT2D eigenvalue weighted by Gasteiger charge is -2.36. The average Bonchev–Trinajstić information content (AvgIpc) is 3.31. The van der Waals surface area contributed by atoms with Crippen molar-refractivity contribution in [3.8, 4) is 5.75 Å². The van der Waals surface area contributed by atoms with Crippen LogP contribution in [0, 0.1) is 0 Å². The molecule has 8 nitrogen and oxygen atoms in total. The smallest absolute Gasteiger partial charge is 0.254 e. The molecule has 3 aliphatic heterocycles. The average molecular weight is 487 g/mol. The van der Waals surface area contributed by atoms with Crippen molar-refractivity contribution in [2.75, 3.05) is 55.0 Å². The lowest BCUT2D eigenvalue weighted by atomic mass is 10.1. The lowest BCUT2D eigenvalue weighted by molar-refractivity contribution is 0.0746. The number of ether oxygens (including phenoxy) is 1. The summed E-state index contributed by atoms with van der Waals surface area (Å²) in [5.41, 5.74) is 2.45. The zero-order valence-corrected chi connectivity index (χ0v) is 19.9. The standard InChI is InChI=1S/C23H26N4O4S2/c1-31-20-8-3-2-7-19(20)26-9-11-27(12-10-26)22(28)16-5-4-6-17(13-16)24-23-25-18-14-33(29,30)15-21(18)32-23/h2-8,13,18,21H,9-12,14-15H2,1H3,(H,24,25)/t18-,21+/m1/s1. The number of nitrogens with zero attached hydrogens (tertiary/aromatic N) is 3. The molecule has 33 heavy (non-hydrogen) atoms. The van der Waals surface area contributed by atoms with E-state index in [0.717, 1.165) is 35.4 Å². The molecule has 5 rings (SSSR count). The van der Waals surface area contributed by atoms with Gasteiger partial charge in [-0.25, -0.2) is 8.42 Å². The van der Waals surface area contributed by atoms with Gasteiger partial charge in [0.1, 0.15) is 5.75 Å². The first kappa shape index (κ1) is 22.1. The van der Waals surface area contributed by atoms with E-state index in [1.54, 1.807) is 7.11 Å². The number of carbonyl (C=O) groups is 1. The van der Waals surface area contributed by atoms with E-state index in [1.165, 1.54) is 11.8 Å². The topological polar surface area (TPSA) is 91.3 Å². The maximum absolute atomic E-state index is 13.1. The molecular weight excluding hydrogens is 460 g/mol. The predicted octanol–water partition coefficient (Wildman–Crippen LogP) is 2.34. The second-order valence-electron chi connectivity index (χ2n) is 8.39. The molecule has 1 N–H and O–H groups in total. The van der Waals surface area contributed by atoms with Gasteiger partial charge in [0.25, 0.3) is 5.91 Å². The minimum Gasteiger partial charge on any atom is -0.495 e. The molecular formula is C23H26N4O4S2. The molecule has 2 aromatic carbocycles. The van der Waals surface area contributed by atoms with Gasteiger partial charge in [-0.3, -0.25) is 9.79 Å². The Hall–Kier alpha value is -2.72. The van der Waals surface area contributed by atoms with Gasteiger partial charge < -0.3 is 19.9 Å². The summed E-state index contributed by atoms with van der Waals surface area (Å²) >= 11 is 1.47. The number of thioether (sulfide) groups is 1. The van der Waals surface area contributed by atoms with Crippen LogP contribution in [0.3, 0.4) is 0 Å². The molecule has 3 aliphatic rings. The maximum atomic E-state index is 13.1. The van der Waals surface area contributed by atoms with Gasteiger partial charge in [-0.05, 0) is 30.3 Å². The van der Waals surface area contributed by atoms with Gasteiger partial charge in [0, 0.05) is 42.7 Å². The third-order valence-corrected chi connectivity index (χ3v) is 9.31. The van der Waals surface area contributed by atoms with Gasteiger partial charge in [0.15, 0.2) is 15.0 Å². The highest BCUT2D eigenvalue weighted by Crippen LogP contribution is 2.34. The fraction of sp³-hybridized carbons (Fsp3) is 0.391. The van der Waals surface area contributed by atoms with E-state index in [2.05, 4.69) is 15.2 Å². The van der Waals surface area contributed by atoms with Gasteiger partial charge in [0.05, 0.1) is 30.3 Å². The number of methoxy groups -OCH3 is 1. The van der Waals surface area contributed by atoms with Crippen LogP contribution in [0.2, 0.25) is 0 Å². The van der Waals surface area contributed by atoms with Crippen LogP contribution in [0.1, 0.15) is 10.4 Å². The number of aliphatic imine (C=N–C) groups is 1. The number of anilines is 2. The number of amides is 1. The van der Waals surface area contributed by atoms with Crippen molar-refractivity contribution in [3.05, 3.63) is 54.1 Å². The largest absolute Gasteiger partial charge is 0.495 e. The minimum atomic E-state index is -2.97. The first-order valence-corrected chi connectivity index (χ1v) is 13.6. The molecule has 2 fully saturated rings. The van der Waals surface area contributed by atoms with E-state index in [9.17, 15) is 13.2 Å². The molecule has 0 unspecified atom stereocenters. The molecule has 0 radical (unpaired) electrons. The summed E-state index contributed by atoms with van der Waals surface area (Å²) < 4.78 is 29.0. The Morgan fingerprint density at radius 2 is 1.88 bits per heavy atom. The second-order valence-corrected chi connectivity index (χ2v) is 11.8. The van der Waals surface area contributed by atoms with Gasteiger partial charge in [-0.15, -0.1) is 0 Å². The maximum Gasteiger partial charge on any atom is 0.254 e. The van der Waals surface area contributed by atoms with E-state index in [-0.39, 0.29) is 28.7 Å². The highest BCUT2D eigenvalue weighted by atomic mass is 32.2. The molecule has 0 saturated carbocycles.